The first kappa shape index (κ1) is 16.9. The molecule has 2 amide bonds. The van der Waals surface area contributed by atoms with Crippen molar-refractivity contribution < 1.29 is 14.3 Å². The number of hydrogen-bond acceptors (Lipinski definition) is 7. The smallest absolute Gasteiger partial charge is 0.289 e. The van der Waals surface area contributed by atoms with Crippen LogP contribution in [0.3, 0.4) is 0 Å². The van der Waals surface area contributed by atoms with Crippen LogP contribution in [0.5, 0.6) is 0 Å². The Kier molecular flexibility index (Phi) is 5.12. The summed E-state index contributed by atoms with van der Waals surface area (Å²) in [6.07, 6.45) is 0. The van der Waals surface area contributed by atoms with Gasteiger partial charge in [-0.1, -0.05) is 0 Å². The molecule has 0 bridgehead atoms. The number of carbonyl (C=O) groups excluding carboxylic acids is 2. The van der Waals surface area contributed by atoms with Gasteiger partial charge in [0.25, 0.3) is 11.8 Å². The van der Waals surface area contributed by atoms with Crippen molar-refractivity contribution in [2.75, 3.05) is 31.2 Å². The molecule has 0 spiro atoms. The van der Waals surface area contributed by atoms with Crippen LogP contribution in [0.25, 0.3) is 0 Å². The Hall–Kier alpha value is -1.97. The Labute approximate surface area is 147 Å². The number of thiazole rings is 1. The van der Waals surface area contributed by atoms with E-state index in [-0.39, 0.29) is 5.91 Å². The molecule has 24 heavy (non-hydrogen) atoms. The molecule has 1 aliphatic rings. The van der Waals surface area contributed by atoms with Crippen LogP contribution in [0.2, 0.25) is 0 Å². The van der Waals surface area contributed by atoms with E-state index in [9.17, 15) is 9.59 Å². The molecule has 7 nitrogen and oxygen atoms in total. The number of nitrogens with zero attached hydrogens (tertiary/aromatic N) is 2. The van der Waals surface area contributed by atoms with Crippen molar-refractivity contribution >= 4 is 39.6 Å². The summed E-state index contributed by atoms with van der Waals surface area (Å²) in [5.41, 5.74) is 5.72. The Balaban J connectivity index is 1.58. The minimum Gasteiger partial charge on any atom is -0.378 e. The molecule has 1 saturated heterocycles. The normalized spacial score (nSPS) is 14.5. The monoisotopic (exact) mass is 366 g/mol. The average Bonchev–Trinajstić information content (AvgIpc) is 3.20. The molecule has 1 aliphatic heterocycles. The number of hydrazine groups is 1. The number of nitrogens with one attached hydrogen (secondary N) is 2. The first-order chi connectivity index (χ1) is 11.5. The Bertz CT molecular complexity index is 750. The Morgan fingerprint density at radius 1 is 1.21 bits per heavy atom. The van der Waals surface area contributed by atoms with Gasteiger partial charge < -0.3 is 9.64 Å². The Morgan fingerprint density at radius 2 is 1.92 bits per heavy atom. The van der Waals surface area contributed by atoms with Gasteiger partial charge in [0.2, 0.25) is 0 Å². The highest BCUT2D eigenvalue weighted by Gasteiger charge is 2.18. The van der Waals surface area contributed by atoms with Crippen LogP contribution in [0, 0.1) is 13.8 Å². The summed E-state index contributed by atoms with van der Waals surface area (Å²) in [6.45, 7) is 6.68. The number of thiophene rings is 1. The lowest BCUT2D eigenvalue weighted by molar-refractivity contribution is 0.0844. The van der Waals surface area contributed by atoms with E-state index in [2.05, 4.69) is 20.7 Å². The van der Waals surface area contributed by atoms with Crippen molar-refractivity contribution in [1.29, 1.82) is 0 Å². The third-order valence-electron chi connectivity index (χ3n) is 3.58. The quantitative estimate of drug-likeness (QED) is 0.809. The fourth-order valence-corrected chi connectivity index (χ4v) is 4.15. The van der Waals surface area contributed by atoms with Crippen LogP contribution in [0.1, 0.15) is 30.6 Å². The lowest BCUT2D eigenvalue weighted by Gasteiger charge is -2.25. The topological polar surface area (TPSA) is 83.6 Å². The fourth-order valence-electron chi connectivity index (χ4n) is 2.37. The van der Waals surface area contributed by atoms with Gasteiger partial charge in [0.05, 0.1) is 18.8 Å². The SMILES string of the molecule is Cc1cc(C(=O)NNC(=O)c2csc(N3CCOCC3)n2)c(C)s1. The maximum absolute atomic E-state index is 12.1. The van der Waals surface area contributed by atoms with Crippen LogP contribution < -0.4 is 15.8 Å². The summed E-state index contributed by atoms with van der Waals surface area (Å²) in [4.78, 5) is 32.6. The highest BCUT2D eigenvalue weighted by molar-refractivity contribution is 7.14. The molecule has 1 fully saturated rings. The van der Waals surface area contributed by atoms with E-state index in [0.717, 1.165) is 28.0 Å². The first-order valence-corrected chi connectivity index (χ1v) is 9.20. The van der Waals surface area contributed by atoms with Crippen molar-refractivity contribution in [3.8, 4) is 0 Å². The third-order valence-corrected chi connectivity index (χ3v) is 5.45. The second-order valence-corrected chi connectivity index (χ2v) is 7.65. The molecular weight excluding hydrogens is 348 g/mol. The van der Waals surface area contributed by atoms with Gasteiger partial charge in [-0.2, -0.15) is 0 Å². The molecule has 0 aromatic carbocycles. The minimum atomic E-state index is -0.427. The van der Waals surface area contributed by atoms with Gasteiger partial charge >= 0.3 is 0 Å². The molecule has 3 rings (SSSR count). The van der Waals surface area contributed by atoms with Crippen molar-refractivity contribution in [3.63, 3.8) is 0 Å². The highest BCUT2D eigenvalue weighted by Crippen LogP contribution is 2.22. The van der Waals surface area contributed by atoms with E-state index in [1.54, 1.807) is 22.8 Å². The average molecular weight is 366 g/mol. The molecule has 9 heteroatoms. The molecular formula is C15H18N4O3S2. The lowest BCUT2D eigenvalue weighted by atomic mass is 10.2. The third kappa shape index (κ3) is 3.74. The molecule has 0 saturated carbocycles. The van der Waals surface area contributed by atoms with Crippen LogP contribution in [0.15, 0.2) is 11.4 Å². The predicted octanol–water partition coefficient (Wildman–Crippen LogP) is 1.73. The second kappa shape index (κ2) is 7.29. The van der Waals surface area contributed by atoms with Gasteiger partial charge in [-0.25, -0.2) is 4.98 Å². The fraction of sp³-hybridized carbons (Fsp3) is 0.400. The van der Waals surface area contributed by atoms with Crippen LogP contribution >= 0.6 is 22.7 Å². The van der Waals surface area contributed by atoms with E-state index in [4.69, 9.17) is 4.74 Å². The number of aromatic nitrogens is 1. The standard InChI is InChI=1S/C15H18N4O3S2/c1-9-7-11(10(2)24-9)13(20)17-18-14(21)12-8-23-15(16-12)19-3-5-22-6-4-19/h7-8H,3-6H2,1-2H3,(H,17,20)(H,18,21). The summed E-state index contributed by atoms with van der Waals surface area (Å²) in [5, 5.41) is 2.48. The Morgan fingerprint density at radius 3 is 2.58 bits per heavy atom. The van der Waals surface area contributed by atoms with Gasteiger partial charge in [-0.05, 0) is 19.9 Å². The minimum absolute atomic E-state index is 0.292. The number of morpholine rings is 1. The molecule has 2 aromatic heterocycles. The number of anilines is 1. The van der Waals surface area contributed by atoms with E-state index >= 15 is 0 Å². The van der Waals surface area contributed by atoms with Crippen LogP contribution in [0.4, 0.5) is 5.13 Å². The number of ether oxygens (including phenoxy) is 1. The van der Waals surface area contributed by atoms with Crippen molar-refractivity contribution in [1.82, 2.24) is 15.8 Å². The zero-order valence-electron chi connectivity index (χ0n) is 13.4. The number of hydrogen-bond donors (Lipinski definition) is 2. The molecule has 0 atom stereocenters. The summed E-state index contributed by atoms with van der Waals surface area (Å²) in [7, 11) is 0. The lowest BCUT2D eigenvalue weighted by Crippen LogP contribution is -2.42. The summed E-state index contributed by atoms with van der Waals surface area (Å²) in [6, 6.07) is 1.81. The van der Waals surface area contributed by atoms with Gasteiger partial charge in [-0.3, -0.25) is 20.4 Å². The molecule has 3 heterocycles. The molecule has 0 radical (unpaired) electrons. The van der Waals surface area contributed by atoms with E-state index in [1.165, 1.54) is 11.3 Å². The van der Waals surface area contributed by atoms with Crippen LogP contribution in [-0.4, -0.2) is 43.1 Å². The van der Waals surface area contributed by atoms with E-state index < -0.39 is 5.91 Å². The molecule has 2 aromatic rings. The zero-order valence-corrected chi connectivity index (χ0v) is 15.1. The largest absolute Gasteiger partial charge is 0.378 e. The molecule has 0 aliphatic carbocycles. The van der Waals surface area contributed by atoms with Crippen molar-refractivity contribution in [2.45, 2.75) is 13.8 Å². The summed E-state index contributed by atoms with van der Waals surface area (Å²) in [5.74, 6) is -0.752. The highest BCUT2D eigenvalue weighted by atomic mass is 32.1. The number of amides is 2. The van der Waals surface area contributed by atoms with Gasteiger partial charge in [0.15, 0.2) is 5.13 Å². The summed E-state index contributed by atoms with van der Waals surface area (Å²) >= 11 is 2.96. The van der Waals surface area contributed by atoms with Gasteiger partial charge in [0.1, 0.15) is 5.69 Å². The number of aryl methyl sites for hydroxylation is 2. The molecule has 128 valence electrons. The van der Waals surface area contributed by atoms with Crippen molar-refractivity contribution in [2.24, 2.45) is 0 Å². The second-order valence-electron chi connectivity index (χ2n) is 5.35. The zero-order chi connectivity index (χ0) is 17.1. The maximum Gasteiger partial charge on any atom is 0.289 e. The number of rotatable bonds is 3. The van der Waals surface area contributed by atoms with E-state index in [0.29, 0.717) is 24.5 Å². The van der Waals surface area contributed by atoms with Gasteiger partial charge in [-0.15, -0.1) is 22.7 Å². The molecule has 0 unspecified atom stereocenters. The van der Waals surface area contributed by atoms with E-state index in [1.807, 2.05) is 13.8 Å². The predicted molar refractivity (Wildman–Crippen MR) is 93.9 cm³/mol. The maximum atomic E-state index is 12.1. The first-order valence-electron chi connectivity index (χ1n) is 7.50. The summed E-state index contributed by atoms with van der Waals surface area (Å²) < 4.78 is 5.30. The van der Waals surface area contributed by atoms with Gasteiger partial charge in [0, 0.05) is 28.2 Å². The molecule has 2 N–H and O–H groups in total. The van der Waals surface area contributed by atoms with Crippen molar-refractivity contribution in [3.05, 3.63) is 32.5 Å². The number of carbonyl (C=O) groups is 2. The van der Waals surface area contributed by atoms with Crippen LogP contribution in [-0.2, 0) is 4.74 Å².